The van der Waals surface area contributed by atoms with Gasteiger partial charge in [0.05, 0.1) is 5.02 Å². The fraction of sp³-hybridized carbons (Fsp3) is 0.0588. The number of carbonyl (C=O) groups is 1. The van der Waals surface area contributed by atoms with Crippen LogP contribution in [0, 0.1) is 0 Å². The number of benzene rings is 2. The standard InChI is InChI=1S/C17H9BrClNO4/c18-11-3-1-9(2-4-11)16-20-13(17(21)24-16)5-10-6-14-15(7-12(10)19)23-8-22-14/h1-7H,8H2/b13-5-. The molecule has 0 aromatic heterocycles. The molecule has 4 rings (SSSR count). The fourth-order valence-corrected chi connectivity index (χ4v) is 2.79. The van der Waals surface area contributed by atoms with Crippen molar-refractivity contribution in [3.63, 3.8) is 0 Å². The molecule has 0 N–H and O–H groups in total. The van der Waals surface area contributed by atoms with Gasteiger partial charge < -0.3 is 14.2 Å². The second-order valence-electron chi connectivity index (χ2n) is 5.07. The van der Waals surface area contributed by atoms with Crippen LogP contribution in [0.15, 0.2) is 51.6 Å². The van der Waals surface area contributed by atoms with E-state index in [-0.39, 0.29) is 18.4 Å². The first-order chi connectivity index (χ1) is 11.6. The molecule has 24 heavy (non-hydrogen) atoms. The van der Waals surface area contributed by atoms with Gasteiger partial charge >= 0.3 is 5.97 Å². The monoisotopic (exact) mass is 405 g/mol. The molecule has 0 bridgehead atoms. The van der Waals surface area contributed by atoms with Crippen LogP contribution in [0.25, 0.3) is 6.08 Å². The van der Waals surface area contributed by atoms with Crippen molar-refractivity contribution in [2.75, 3.05) is 6.79 Å². The summed E-state index contributed by atoms with van der Waals surface area (Å²) in [6, 6.07) is 10.7. The molecule has 0 unspecified atom stereocenters. The number of rotatable bonds is 2. The Hall–Kier alpha value is -2.31. The van der Waals surface area contributed by atoms with Crippen molar-refractivity contribution in [1.29, 1.82) is 0 Å². The van der Waals surface area contributed by atoms with Crippen molar-refractivity contribution in [2.45, 2.75) is 0 Å². The van der Waals surface area contributed by atoms with E-state index in [1.165, 1.54) is 0 Å². The van der Waals surface area contributed by atoms with Crippen LogP contribution in [0.5, 0.6) is 11.5 Å². The molecule has 0 atom stereocenters. The molecule has 0 amide bonds. The Morgan fingerprint density at radius 2 is 1.83 bits per heavy atom. The quantitative estimate of drug-likeness (QED) is 0.555. The minimum Gasteiger partial charge on any atom is -0.454 e. The number of esters is 1. The first-order valence-corrected chi connectivity index (χ1v) is 8.15. The van der Waals surface area contributed by atoms with Crippen LogP contribution in [0.2, 0.25) is 5.02 Å². The Balaban J connectivity index is 1.70. The molecule has 120 valence electrons. The van der Waals surface area contributed by atoms with Gasteiger partial charge in [0.15, 0.2) is 17.2 Å². The SMILES string of the molecule is O=C1OC(c2ccc(Br)cc2)=N/C1=C\c1cc2c(cc1Cl)OCO2. The topological polar surface area (TPSA) is 57.1 Å². The summed E-state index contributed by atoms with van der Waals surface area (Å²) in [6.45, 7) is 0.152. The molecule has 2 aliphatic rings. The van der Waals surface area contributed by atoms with Gasteiger partial charge in [-0.25, -0.2) is 9.79 Å². The molecule has 0 saturated carbocycles. The number of aliphatic imine (C=N–C) groups is 1. The van der Waals surface area contributed by atoms with Gasteiger partial charge in [-0.15, -0.1) is 0 Å². The maximum Gasteiger partial charge on any atom is 0.363 e. The average molecular weight is 407 g/mol. The number of ether oxygens (including phenoxy) is 3. The van der Waals surface area contributed by atoms with E-state index in [2.05, 4.69) is 20.9 Å². The summed E-state index contributed by atoms with van der Waals surface area (Å²) in [7, 11) is 0. The van der Waals surface area contributed by atoms with Crippen molar-refractivity contribution < 1.29 is 19.0 Å². The van der Waals surface area contributed by atoms with Crippen LogP contribution in [0.1, 0.15) is 11.1 Å². The minimum absolute atomic E-state index is 0.152. The molecule has 2 aromatic rings. The Labute approximate surface area is 150 Å². The van der Waals surface area contributed by atoms with Crippen LogP contribution in [0.4, 0.5) is 0 Å². The van der Waals surface area contributed by atoms with Gasteiger partial charge in [0, 0.05) is 16.1 Å². The van der Waals surface area contributed by atoms with Crippen molar-refractivity contribution in [2.24, 2.45) is 4.99 Å². The number of carbonyl (C=O) groups excluding carboxylic acids is 1. The van der Waals surface area contributed by atoms with E-state index >= 15 is 0 Å². The van der Waals surface area contributed by atoms with E-state index in [1.54, 1.807) is 18.2 Å². The summed E-state index contributed by atoms with van der Waals surface area (Å²) >= 11 is 9.58. The summed E-state index contributed by atoms with van der Waals surface area (Å²) < 4.78 is 16.7. The van der Waals surface area contributed by atoms with Gasteiger partial charge in [-0.05, 0) is 42.0 Å². The Morgan fingerprint density at radius 3 is 2.58 bits per heavy atom. The van der Waals surface area contributed by atoms with E-state index in [0.717, 1.165) is 4.47 Å². The second kappa shape index (κ2) is 5.96. The van der Waals surface area contributed by atoms with E-state index in [9.17, 15) is 4.79 Å². The molecule has 2 aromatic carbocycles. The zero-order chi connectivity index (χ0) is 16.7. The summed E-state index contributed by atoms with van der Waals surface area (Å²) in [5.41, 5.74) is 1.49. The predicted octanol–water partition coefficient (Wildman–Crippen LogP) is 4.18. The minimum atomic E-state index is -0.526. The molecule has 0 radical (unpaired) electrons. The normalized spacial score (nSPS) is 17.2. The lowest BCUT2D eigenvalue weighted by Crippen LogP contribution is -2.05. The molecule has 2 aliphatic heterocycles. The average Bonchev–Trinajstić information content (AvgIpc) is 3.15. The maximum absolute atomic E-state index is 12.1. The highest BCUT2D eigenvalue weighted by Gasteiger charge is 2.25. The molecule has 5 nitrogen and oxygen atoms in total. The molecular weight excluding hydrogens is 398 g/mol. The molecule has 0 spiro atoms. The third kappa shape index (κ3) is 2.79. The number of hydrogen-bond acceptors (Lipinski definition) is 5. The number of cyclic esters (lactones) is 1. The van der Waals surface area contributed by atoms with Crippen LogP contribution in [-0.4, -0.2) is 18.7 Å². The van der Waals surface area contributed by atoms with Gasteiger partial charge in [-0.1, -0.05) is 27.5 Å². The van der Waals surface area contributed by atoms with Crippen molar-refractivity contribution >= 4 is 45.5 Å². The number of nitrogens with zero attached hydrogens (tertiary/aromatic N) is 1. The molecular formula is C17H9BrClNO4. The highest BCUT2D eigenvalue weighted by molar-refractivity contribution is 9.10. The van der Waals surface area contributed by atoms with E-state index in [0.29, 0.717) is 27.6 Å². The third-order valence-electron chi connectivity index (χ3n) is 3.50. The lowest BCUT2D eigenvalue weighted by atomic mass is 10.1. The van der Waals surface area contributed by atoms with Gasteiger partial charge in [-0.3, -0.25) is 0 Å². The van der Waals surface area contributed by atoms with Crippen LogP contribution in [0.3, 0.4) is 0 Å². The second-order valence-corrected chi connectivity index (χ2v) is 6.39. The lowest BCUT2D eigenvalue weighted by molar-refractivity contribution is -0.129. The molecule has 0 saturated heterocycles. The summed E-state index contributed by atoms with van der Waals surface area (Å²) in [5, 5.41) is 0.437. The Kier molecular flexibility index (Phi) is 3.78. The fourth-order valence-electron chi connectivity index (χ4n) is 2.32. The van der Waals surface area contributed by atoms with Crippen molar-refractivity contribution in [1.82, 2.24) is 0 Å². The number of halogens is 2. The van der Waals surface area contributed by atoms with Crippen LogP contribution < -0.4 is 9.47 Å². The van der Waals surface area contributed by atoms with E-state index < -0.39 is 5.97 Å². The zero-order valence-corrected chi connectivity index (χ0v) is 14.4. The van der Waals surface area contributed by atoms with Crippen molar-refractivity contribution in [3.05, 3.63) is 62.7 Å². The molecule has 0 aliphatic carbocycles. The summed E-state index contributed by atoms with van der Waals surface area (Å²) in [5.74, 6) is 0.891. The highest BCUT2D eigenvalue weighted by Crippen LogP contribution is 2.38. The lowest BCUT2D eigenvalue weighted by Gasteiger charge is -2.01. The number of hydrogen-bond donors (Lipinski definition) is 0. The van der Waals surface area contributed by atoms with Gasteiger partial charge in [-0.2, -0.15) is 0 Å². The Morgan fingerprint density at radius 1 is 1.12 bits per heavy atom. The maximum atomic E-state index is 12.1. The molecule has 7 heteroatoms. The van der Waals surface area contributed by atoms with Crippen molar-refractivity contribution in [3.8, 4) is 11.5 Å². The summed E-state index contributed by atoms with van der Waals surface area (Å²) in [6.07, 6.45) is 1.57. The van der Waals surface area contributed by atoms with Gasteiger partial charge in [0.25, 0.3) is 0 Å². The molecule has 0 fully saturated rings. The zero-order valence-electron chi connectivity index (χ0n) is 12.1. The van der Waals surface area contributed by atoms with Crippen LogP contribution in [-0.2, 0) is 9.53 Å². The van der Waals surface area contributed by atoms with Gasteiger partial charge in [0.1, 0.15) is 0 Å². The van der Waals surface area contributed by atoms with Gasteiger partial charge in [0.2, 0.25) is 12.7 Å². The smallest absolute Gasteiger partial charge is 0.363 e. The van der Waals surface area contributed by atoms with Crippen LogP contribution >= 0.6 is 27.5 Å². The largest absolute Gasteiger partial charge is 0.454 e. The third-order valence-corrected chi connectivity index (χ3v) is 4.35. The first kappa shape index (κ1) is 15.2. The van der Waals surface area contributed by atoms with E-state index in [1.807, 2.05) is 24.3 Å². The van der Waals surface area contributed by atoms with E-state index in [4.69, 9.17) is 25.8 Å². The first-order valence-electron chi connectivity index (χ1n) is 6.98. The highest BCUT2D eigenvalue weighted by atomic mass is 79.9. The molecule has 2 heterocycles. The summed E-state index contributed by atoms with van der Waals surface area (Å²) in [4.78, 5) is 16.3. The predicted molar refractivity (Wildman–Crippen MR) is 92.3 cm³/mol. The Bertz CT molecular complexity index is 906. The number of fused-ring (bicyclic) bond motifs is 1.